The minimum atomic E-state index is -0.178. The molecule has 1 aromatic heterocycles. The van der Waals surface area contributed by atoms with Crippen molar-refractivity contribution in [3.05, 3.63) is 41.1 Å². The second kappa shape index (κ2) is 4.52. The summed E-state index contributed by atoms with van der Waals surface area (Å²) in [5, 5.41) is 6.95. The Kier molecular flexibility index (Phi) is 3.06. The van der Waals surface area contributed by atoms with Crippen LogP contribution in [-0.2, 0) is 7.05 Å². The number of carbonyl (C=O) groups excluding carboxylic acids is 1. The molecule has 0 bridgehead atoms. The van der Waals surface area contributed by atoms with Crippen molar-refractivity contribution in [3.63, 3.8) is 0 Å². The van der Waals surface area contributed by atoms with Crippen LogP contribution in [0.5, 0.6) is 0 Å². The third-order valence-corrected chi connectivity index (χ3v) is 2.89. The lowest BCUT2D eigenvalue weighted by Gasteiger charge is -2.08. The molecule has 0 unspecified atom stereocenters. The minimum absolute atomic E-state index is 0.178. The SMILES string of the molecule is Cc1ccccc1C(=O)Nc1c(N)c(C)nn1C. The van der Waals surface area contributed by atoms with Crippen LogP contribution in [0.25, 0.3) is 0 Å². The molecule has 2 rings (SSSR count). The average molecular weight is 244 g/mol. The maximum absolute atomic E-state index is 12.1. The van der Waals surface area contributed by atoms with E-state index in [0.717, 1.165) is 5.56 Å². The number of nitrogens with two attached hydrogens (primary N) is 1. The van der Waals surface area contributed by atoms with Gasteiger partial charge in [-0.25, -0.2) is 0 Å². The molecule has 0 atom stereocenters. The Morgan fingerprint density at radius 1 is 1.33 bits per heavy atom. The van der Waals surface area contributed by atoms with Crippen molar-refractivity contribution in [1.29, 1.82) is 0 Å². The molecule has 2 aromatic rings. The first kappa shape index (κ1) is 12.2. The van der Waals surface area contributed by atoms with Crippen LogP contribution in [0.2, 0.25) is 0 Å². The molecule has 1 amide bonds. The fourth-order valence-corrected chi connectivity index (χ4v) is 1.83. The number of hydrogen-bond donors (Lipinski definition) is 2. The smallest absolute Gasteiger partial charge is 0.257 e. The Morgan fingerprint density at radius 3 is 2.56 bits per heavy atom. The third kappa shape index (κ3) is 2.07. The second-order valence-electron chi connectivity index (χ2n) is 4.24. The monoisotopic (exact) mass is 244 g/mol. The predicted octanol–water partition coefficient (Wildman–Crippen LogP) is 1.87. The zero-order chi connectivity index (χ0) is 13.3. The summed E-state index contributed by atoms with van der Waals surface area (Å²) >= 11 is 0. The number of carbonyl (C=O) groups is 1. The Hall–Kier alpha value is -2.30. The number of nitrogens with one attached hydrogen (secondary N) is 1. The van der Waals surface area contributed by atoms with E-state index in [2.05, 4.69) is 10.4 Å². The summed E-state index contributed by atoms with van der Waals surface area (Å²) < 4.78 is 1.57. The number of nitrogens with zero attached hydrogens (tertiary/aromatic N) is 2. The third-order valence-electron chi connectivity index (χ3n) is 2.89. The van der Waals surface area contributed by atoms with Gasteiger partial charge < -0.3 is 11.1 Å². The van der Waals surface area contributed by atoms with Gasteiger partial charge in [-0.1, -0.05) is 18.2 Å². The van der Waals surface area contributed by atoms with Crippen molar-refractivity contribution < 1.29 is 4.79 Å². The Bertz CT molecular complexity index is 601. The Labute approximate surface area is 106 Å². The predicted molar refractivity (Wildman–Crippen MR) is 71.5 cm³/mol. The molecule has 3 N–H and O–H groups in total. The van der Waals surface area contributed by atoms with Gasteiger partial charge in [0, 0.05) is 12.6 Å². The van der Waals surface area contributed by atoms with Crippen LogP contribution < -0.4 is 11.1 Å². The van der Waals surface area contributed by atoms with E-state index < -0.39 is 0 Å². The van der Waals surface area contributed by atoms with Crippen LogP contribution in [0.1, 0.15) is 21.6 Å². The van der Waals surface area contributed by atoms with Crippen molar-refractivity contribution in [1.82, 2.24) is 9.78 Å². The number of benzene rings is 1. The van der Waals surface area contributed by atoms with Crippen molar-refractivity contribution in [3.8, 4) is 0 Å². The molecular formula is C13H16N4O. The first-order chi connectivity index (χ1) is 8.50. The lowest BCUT2D eigenvalue weighted by molar-refractivity contribution is 0.102. The first-order valence-corrected chi connectivity index (χ1v) is 5.66. The molecular weight excluding hydrogens is 228 g/mol. The van der Waals surface area contributed by atoms with Gasteiger partial charge in [-0.15, -0.1) is 0 Å². The van der Waals surface area contributed by atoms with Crippen LogP contribution in [-0.4, -0.2) is 15.7 Å². The maximum atomic E-state index is 12.1. The number of rotatable bonds is 2. The van der Waals surface area contributed by atoms with E-state index in [4.69, 9.17) is 5.73 Å². The topological polar surface area (TPSA) is 72.9 Å². The molecule has 1 heterocycles. The standard InChI is InChI=1S/C13H16N4O/c1-8-6-4-5-7-10(8)13(18)15-12-11(14)9(2)16-17(12)3/h4-7H,14H2,1-3H3,(H,15,18). The lowest BCUT2D eigenvalue weighted by atomic mass is 10.1. The fraction of sp³-hybridized carbons (Fsp3) is 0.231. The Balaban J connectivity index is 2.30. The summed E-state index contributed by atoms with van der Waals surface area (Å²) in [6.45, 7) is 3.70. The van der Waals surface area contributed by atoms with Gasteiger partial charge in [-0.05, 0) is 25.5 Å². The number of nitrogen functional groups attached to an aromatic ring is 1. The van der Waals surface area contributed by atoms with Crippen molar-refractivity contribution in [2.45, 2.75) is 13.8 Å². The molecule has 0 spiro atoms. The second-order valence-corrected chi connectivity index (χ2v) is 4.24. The van der Waals surface area contributed by atoms with Gasteiger partial charge in [0.2, 0.25) is 0 Å². The highest BCUT2D eigenvalue weighted by Crippen LogP contribution is 2.22. The summed E-state index contributed by atoms with van der Waals surface area (Å²) in [5.41, 5.74) is 8.63. The van der Waals surface area contributed by atoms with Gasteiger partial charge in [0.1, 0.15) is 0 Å². The quantitative estimate of drug-likeness (QED) is 0.847. The van der Waals surface area contributed by atoms with Gasteiger partial charge in [-0.2, -0.15) is 5.10 Å². The van der Waals surface area contributed by atoms with Gasteiger partial charge in [-0.3, -0.25) is 9.48 Å². The fourth-order valence-electron chi connectivity index (χ4n) is 1.83. The molecule has 0 saturated carbocycles. The van der Waals surface area contributed by atoms with E-state index in [-0.39, 0.29) is 5.91 Å². The number of aryl methyl sites for hydroxylation is 3. The van der Waals surface area contributed by atoms with E-state index >= 15 is 0 Å². The highest BCUT2D eigenvalue weighted by molar-refractivity contribution is 6.06. The molecule has 18 heavy (non-hydrogen) atoms. The number of hydrogen-bond acceptors (Lipinski definition) is 3. The summed E-state index contributed by atoms with van der Waals surface area (Å²) in [6.07, 6.45) is 0. The number of amides is 1. The molecule has 0 aliphatic rings. The molecule has 0 radical (unpaired) electrons. The maximum Gasteiger partial charge on any atom is 0.257 e. The highest BCUT2D eigenvalue weighted by Gasteiger charge is 2.15. The molecule has 0 fully saturated rings. The molecule has 5 nitrogen and oxygen atoms in total. The zero-order valence-corrected chi connectivity index (χ0v) is 10.7. The van der Waals surface area contributed by atoms with E-state index in [9.17, 15) is 4.79 Å². The van der Waals surface area contributed by atoms with Crippen LogP contribution in [0.15, 0.2) is 24.3 Å². The molecule has 0 aliphatic carbocycles. The van der Waals surface area contributed by atoms with Crippen LogP contribution in [0.3, 0.4) is 0 Å². The lowest BCUT2D eigenvalue weighted by Crippen LogP contribution is -2.16. The first-order valence-electron chi connectivity index (χ1n) is 5.66. The van der Waals surface area contributed by atoms with E-state index in [1.807, 2.05) is 25.1 Å². The number of anilines is 2. The molecule has 5 heteroatoms. The van der Waals surface area contributed by atoms with Crippen LogP contribution >= 0.6 is 0 Å². The van der Waals surface area contributed by atoms with Gasteiger partial charge >= 0.3 is 0 Å². The summed E-state index contributed by atoms with van der Waals surface area (Å²) in [6, 6.07) is 7.41. The van der Waals surface area contributed by atoms with Gasteiger partial charge in [0.05, 0.1) is 11.4 Å². The Morgan fingerprint density at radius 2 is 2.00 bits per heavy atom. The van der Waals surface area contributed by atoms with Crippen LogP contribution in [0, 0.1) is 13.8 Å². The van der Waals surface area contributed by atoms with Gasteiger partial charge in [0.25, 0.3) is 5.91 Å². The van der Waals surface area contributed by atoms with Crippen molar-refractivity contribution in [2.75, 3.05) is 11.1 Å². The van der Waals surface area contributed by atoms with Crippen LogP contribution in [0.4, 0.5) is 11.5 Å². The molecule has 94 valence electrons. The molecule has 0 saturated heterocycles. The normalized spacial score (nSPS) is 10.4. The van der Waals surface area contributed by atoms with E-state index in [1.165, 1.54) is 0 Å². The summed E-state index contributed by atoms with van der Waals surface area (Å²) in [4.78, 5) is 12.1. The minimum Gasteiger partial charge on any atom is -0.394 e. The molecule has 1 aromatic carbocycles. The summed E-state index contributed by atoms with van der Waals surface area (Å²) in [7, 11) is 1.75. The summed E-state index contributed by atoms with van der Waals surface area (Å²) in [5.74, 6) is 0.351. The largest absolute Gasteiger partial charge is 0.394 e. The highest BCUT2D eigenvalue weighted by atomic mass is 16.1. The van der Waals surface area contributed by atoms with E-state index in [1.54, 1.807) is 24.7 Å². The molecule has 0 aliphatic heterocycles. The number of aromatic nitrogens is 2. The van der Waals surface area contributed by atoms with E-state index in [0.29, 0.717) is 22.8 Å². The van der Waals surface area contributed by atoms with Crippen molar-refractivity contribution >= 4 is 17.4 Å². The zero-order valence-electron chi connectivity index (χ0n) is 10.7. The van der Waals surface area contributed by atoms with Gasteiger partial charge in [0.15, 0.2) is 5.82 Å². The van der Waals surface area contributed by atoms with Crippen molar-refractivity contribution in [2.24, 2.45) is 7.05 Å². The average Bonchev–Trinajstić information content (AvgIpc) is 2.56.